The summed E-state index contributed by atoms with van der Waals surface area (Å²) in [6.07, 6.45) is 0. The molecule has 0 aliphatic carbocycles. The first-order chi connectivity index (χ1) is 11.8. The Morgan fingerprint density at radius 2 is 1.60 bits per heavy atom. The van der Waals surface area contributed by atoms with E-state index in [0.29, 0.717) is 17.4 Å². The van der Waals surface area contributed by atoms with Gasteiger partial charge in [-0.25, -0.2) is 0 Å². The number of aryl methyl sites for hydroxylation is 3. The molecule has 0 amide bonds. The zero-order chi connectivity index (χ0) is 18.6. The third-order valence-electron chi connectivity index (χ3n) is 4.07. The lowest BCUT2D eigenvalue weighted by Gasteiger charge is -2.21. The van der Waals surface area contributed by atoms with Crippen LogP contribution in [0.3, 0.4) is 0 Å². The molecule has 1 unspecified atom stereocenters. The van der Waals surface area contributed by atoms with Crippen molar-refractivity contribution in [2.24, 2.45) is 0 Å². The molecule has 1 atom stereocenters. The Hall–Kier alpha value is -1.74. The Bertz CT molecular complexity index is 777. The van der Waals surface area contributed by atoms with E-state index in [1.165, 1.54) is 0 Å². The number of rotatable bonds is 7. The minimum atomic E-state index is -3.68. The standard InChI is InChI=1S/C20H26NO3P/c1-15-13-16(2)19(17(3)14-15)20(22)25(23,24-12-11-21(4)5)18-9-7-6-8-10-18/h6-10,13-14H,11-12H2,1-5H3. The molecule has 0 saturated heterocycles. The van der Waals surface area contributed by atoms with E-state index >= 15 is 0 Å². The maximum Gasteiger partial charge on any atom is 0.300 e. The van der Waals surface area contributed by atoms with Gasteiger partial charge in [-0.2, -0.15) is 0 Å². The molecule has 4 nitrogen and oxygen atoms in total. The quantitative estimate of drug-likeness (QED) is 0.703. The topological polar surface area (TPSA) is 46.6 Å². The fraction of sp³-hybridized carbons (Fsp3) is 0.350. The summed E-state index contributed by atoms with van der Waals surface area (Å²) in [6.45, 7) is 6.56. The van der Waals surface area contributed by atoms with Crippen LogP contribution in [-0.4, -0.2) is 37.7 Å². The van der Waals surface area contributed by atoms with Gasteiger partial charge in [-0.05, 0) is 58.1 Å². The van der Waals surface area contributed by atoms with Gasteiger partial charge < -0.3 is 9.42 Å². The van der Waals surface area contributed by atoms with Crippen LogP contribution < -0.4 is 5.30 Å². The predicted molar refractivity (Wildman–Crippen MR) is 103 cm³/mol. The minimum absolute atomic E-state index is 0.231. The first-order valence-corrected chi connectivity index (χ1v) is 9.96. The average molecular weight is 359 g/mol. The first kappa shape index (κ1) is 19.6. The highest BCUT2D eigenvalue weighted by Gasteiger charge is 2.37. The van der Waals surface area contributed by atoms with Gasteiger partial charge in [0.05, 0.1) is 6.61 Å². The smallest absolute Gasteiger partial charge is 0.300 e. The number of hydrogen-bond acceptors (Lipinski definition) is 4. The van der Waals surface area contributed by atoms with E-state index in [4.69, 9.17) is 4.52 Å². The molecule has 2 rings (SSSR count). The molecule has 0 fully saturated rings. The second-order valence-corrected chi connectivity index (χ2v) is 8.89. The molecule has 0 aliphatic rings. The van der Waals surface area contributed by atoms with Gasteiger partial charge >= 0.3 is 7.37 Å². The summed E-state index contributed by atoms with van der Waals surface area (Å²) < 4.78 is 19.4. The van der Waals surface area contributed by atoms with Crippen LogP contribution >= 0.6 is 7.37 Å². The normalized spacial score (nSPS) is 13.7. The fourth-order valence-electron chi connectivity index (χ4n) is 2.89. The number of carbonyl (C=O) groups is 1. The third kappa shape index (κ3) is 4.46. The Morgan fingerprint density at radius 3 is 2.12 bits per heavy atom. The molecule has 0 aromatic heterocycles. The lowest BCUT2D eigenvalue weighted by molar-refractivity contribution is 0.105. The number of hydrogen-bond donors (Lipinski definition) is 0. The Kier molecular flexibility index (Phi) is 6.34. The molecule has 134 valence electrons. The van der Waals surface area contributed by atoms with Crippen LogP contribution in [0, 0.1) is 20.8 Å². The molecule has 25 heavy (non-hydrogen) atoms. The van der Waals surface area contributed by atoms with Crippen LogP contribution in [0.4, 0.5) is 0 Å². The zero-order valence-corrected chi connectivity index (χ0v) is 16.5. The van der Waals surface area contributed by atoms with Crippen molar-refractivity contribution < 1.29 is 13.9 Å². The molecule has 5 heteroatoms. The monoisotopic (exact) mass is 359 g/mol. The summed E-state index contributed by atoms with van der Waals surface area (Å²) in [7, 11) is 0.144. The number of likely N-dealkylation sites (N-methyl/N-ethyl adjacent to an activating group) is 1. The van der Waals surface area contributed by atoms with Crippen molar-refractivity contribution in [2.45, 2.75) is 20.8 Å². The van der Waals surface area contributed by atoms with Gasteiger partial charge in [0.1, 0.15) is 0 Å². The summed E-state index contributed by atoms with van der Waals surface area (Å²) >= 11 is 0. The van der Waals surface area contributed by atoms with Crippen molar-refractivity contribution >= 4 is 18.2 Å². The van der Waals surface area contributed by atoms with Crippen LogP contribution in [-0.2, 0) is 9.09 Å². The largest absolute Gasteiger partial charge is 0.319 e. The molecule has 0 heterocycles. The number of nitrogens with zero attached hydrogens (tertiary/aromatic N) is 1. The van der Waals surface area contributed by atoms with Crippen molar-refractivity contribution in [2.75, 3.05) is 27.2 Å². The maximum atomic E-state index is 13.7. The fourth-order valence-corrected chi connectivity index (χ4v) is 4.94. The minimum Gasteiger partial charge on any atom is -0.319 e. The summed E-state index contributed by atoms with van der Waals surface area (Å²) in [4.78, 5) is 15.2. The van der Waals surface area contributed by atoms with Gasteiger partial charge in [0.25, 0.3) is 5.52 Å². The van der Waals surface area contributed by atoms with Gasteiger partial charge in [0, 0.05) is 17.4 Å². The summed E-state index contributed by atoms with van der Waals surface area (Å²) in [5.41, 5.74) is 2.81. The van der Waals surface area contributed by atoms with Crippen molar-refractivity contribution in [3.63, 3.8) is 0 Å². The van der Waals surface area contributed by atoms with Crippen molar-refractivity contribution in [3.8, 4) is 0 Å². The van der Waals surface area contributed by atoms with E-state index in [9.17, 15) is 9.36 Å². The van der Waals surface area contributed by atoms with Crippen LogP contribution in [0.5, 0.6) is 0 Å². The van der Waals surface area contributed by atoms with Gasteiger partial charge in [-0.3, -0.25) is 9.36 Å². The van der Waals surface area contributed by atoms with Gasteiger partial charge in [-0.1, -0.05) is 35.9 Å². The van der Waals surface area contributed by atoms with E-state index in [1.807, 2.05) is 58.0 Å². The van der Waals surface area contributed by atoms with Crippen LogP contribution in [0.15, 0.2) is 42.5 Å². The van der Waals surface area contributed by atoms with Crippen LogP contribution in [0.2, 0.25) is 0 Å². The summed E-state index contributed by atoms with van der Waals surface area (Å²) in [5.74, 6) is 0. The highest BCUT2D eigenvalue weighted by molar-refractivity contribution is 7.83. The Balaban J connectivity index is 2.49. The molecule has 0 N–H and O–H groups in total. The second-order valence-electron chi connectivity index (χ2n) is 6.60. The molecular weight excluding hydrogens is 333 g/mol. The zero-order valence-electron chi connectivity index (χ0n) is 15.6. The second kappa shape index (κ2) is 8.09. The first-order valence-electron chi connectivity index (χ1n) is 8.33. The highest BCUT2D eigenvalue weighted by atomic mass is 31.2. The highest BCUT2D eigenvalue weighted by Crippen LogP contribution is 2.50. The molecule has 0 aliphatic heterocycles. The molecular formula is C20H26NO3P. The Labute approximate surface area is 150 Å². The summed E-state index contributed by atoms with van der Waals surface area (Å²) in [6, 6.07) is 12.7. The average Bonchev–Trinajstić information content (AvgIpc) is 2.54. The maximum absolute atomic E-state index is 13.7. The molecule has 2 aromatic rings. The Morgan fingerprint density at radius 1 is 1.04 bits per heavy atom. The van der Waals surface area contributed by atoms with Gasteiger partial charge in [0.2, 0.25) is 0 Å². The lowest BCUT2D eigenvalue weighted by Crippen LogP contribution is -2.22. The third-order valence-corrected chi connectivity index (χ3v) is 6.35. The van der Waals surface area contributed by atoms with Crippen LogP contribution in [0.1, 0.15) is 27.0 Å². The molecule has 0 radical (unpaired) electrons. The SMILES string of the molecule is Cc1cc(C)c(C(=O)P(=O)(OCCN(C)C)c2ccccc2)c(C)c1. The van der Waals surface area contributed by atoms with Crippen molar-refractivity contribution in [3.05, 3.63) is 64.7 Å². The molecule has 0 spiro atoms. The summed E-state index contributed by atoms with van der Waals surface area (Å²) in [5, 5.41) is 0.443. The number of benzene rings is 2. The molecule has 0 saturated carbocycles. The van der Waals surface area contributed by atoms with E-state index in [-0.39, 0.29) is 6.61 Å². The predicted octanol–water partition coefficient (Wildman–Crippen LogP) is 3.93. The number of carbonyl (C=O) groups excluding carboxylic acids is 1. The van der Waals surface area contributed by atoms with E-state index in [2.05, 4.69) is 0 Å². The van der Waals surface area contributed by atoms with E-state index in [1.54, 1.807) is 24.3 Å². The van der Waals surface area contributed by atoms with Crippen LogP contribution in [0.25, 0.3) is 0 Å². The van der Waals surface area contributed by atoms with Gasteiger partial charge in [0.15, 0.2) is 0 Å². The molecule has 0 bridgehead atoms. The van der Waals surface area contributed by atoms with Crippen molar-refractivity contribution in [1.82, 2.24) is 4.90 Å². The van der Waals surface area contributed by atoms with E-state index in [0.717, 1.165) is 16.7 Å². The molecule has 2 aromatic carbocycles. The van der Waals surface area contributed by atoms with Crippen molar-refractivity contribution in [1.29, 1.82) is 0 Å². The van der Waals surface area contributed by atoms with E-state index < -0.39 is 12.9 Å². The lowest BCUT2D eigenvalue weighted by atomic mass is 10.0. The van der Waals surface area contributed by atoms with Gasteiger partial charge in [-0.15, -0.1) is 0 Å².